The maximum atomic E-state index is 13.8. The molecule has 2 N–H and O–H groups in total. The average molecular weight is 445 g/mol. The highest BCUT2D eigenvalue weighted by Gasteiger charge is 2.35. The number of fused-ring (bicyclic) bond motifs is 1. The summed E-state index contributed by atoms with van der Waals surface area (Å²) in [5.74, 6) is 0.915. The number of aromatic nitrogens is 2. The van der Waals surface area contributed by atoms with Crippen LogP contribution in [0.4, 0.5) is 14.6 Å². The Morgan fingerprint density at radius 2 is 1.78 bits per heavy atom. The van der Waals surface area contributed by atoms with E-state index in [4.69, 9.17) is 19.4 Å². The smallest absolute Gasteiger partial charge is 0.300 e. The number of nitrogens with zero attached hydrogens (tertiary/aromatic N) is 2. The van der Waals surface area contributed by atoms with Gasteiger partial charge in [0.2, 0.25) is 0 Å². The molecule has 32 heavy (non-hydrogen) atoms. The summed E-state index contributed by atoms with van der Waals surface area (Å²) in [6, 6.07) is 15.5. The van der Waals surface area contributed by atoms with Crippen LogP contribution >= 0.6 is 0 Å². The Balaban J connectivity index is 0.000000668. The largest absolute Gasteiger partial charge is 0.493 e. The summed E-state index contributed by atoms with van der Waals surface area (Å²) < 4.78 is 39.7. The minimum absolute atomic E-state index is 0.218. The first-order valence-electron chi connectivity index (χ1n) is 9.95. The van der Waals surface area contributed by atoms with E-state index in [-0.39, 0.29) is 12.5 Å². The number of aliphatic carboxylic acids is 1. The number of nitrogens with one attached hydrogen (secondary N) is 1. The van der Waals surface area contributed by atoms with Gasteiger partial charge in [0.05, 0.1) is 26.0 Å². The third-order valence-corrected chi connectivity index (χ3v) is 5.02. The van der Waals surface area contributed by atoms with E-state index >= 15 is 0 Å². The fourth-order valence-corrected chi connectivity index (χ4v) is 3.58. The maximum absolute atomic E-state index is 13.8. The van der Waals surface area contributed by atoms with Gasteiger partial charge in [-0.3, -0.25) is 4.79 Å². The van der Waals surface area contributed by atoms with E-state index < -0.39 is 18.4 Å². The number of hydrogen-bond acceptors (Lipinski definition) is 5. The number of hydrogen-bond donors (Lipinski definition) is 2. The van der Waals surface area contributed by atoms with E-state index in [0.717, 1.165) is 18.1 Å². The lowest BCUT2D eigenvalue weighted by Crippen LogP contribution is -2.30. The fourth-order valence-electron chi connectivity index (χ4n) is 3.58. The van der Waals surface area contributed by atoms with Crippen LogP contribution in [-0.4, -0.2) is 41.5 Å². The van der Waals surface area contributed by atoms with Gasteiger partial charge in [0.15, 0.2) is 11.5 Å². The molecule has 4 rings (SSSR count). The highest BCUT2D eigenvalue weighted by molar-refractivity contribution is 5.64. The molecule has 2 heterocycles. The van der Waals surface area contributed by atoms with Crippen molar-refractivity contribution in [3.8, 4) is 22.8 Å². The average Bonchev–Trinajstić information content (AvgIpc) is 3.22. The number of methoxy groups -OCH3 is 2. The fraction of sp³-hybridized carbons (Fsp3) is 0.304. The van der Waals surface area contributed by atoms with Crippen molar-refractivity contribution in [2.45, 2.75) is 31.9 Å². The second-order valence-corrected chi connectivity index (χ2v) is 7.19. The van der Waals surface area contributed by atoms with Gasteiger partial charge in [0.1, 0.15) is 11.9 Å². The number of carboxylic acids is 1. The van der Waals surface area contributed by atoms with Gasteiger partial charge < -0.3 is 19.9 Å². The lowest BCUT2D eigenvalue weighted by Gasteiger charge is -2.32. The van der Waals surface area contributed by atoms with Gasteiger partial charge in [-0.15, -0.1) is 0 Å². The van der Waals surface area contributed by atoms with E-state index in [1.165, 1.54) is 4.68 Å². The van der Waals surface area contributed by atoms with E-state index in [0.29, 0.717) is 23.0 Å². The van der Waals surface area contributed by atoms with Crippen LogP contribution in [0, 0.1) is 0 Å². The first kappa shape index (κ1) is 23.1. The van der Waals surface area contributed by atoms with Crippen LogP contribution in [0.1, 0.15) is 31.0 Å². The van der Waals surface area contributed by atoms with Gasteiger partial charge in [0.25, 0.3) is 12.4 Å². The van der Waals surface area contributed by atoms with Crippen molar-refractivity contribution in [2.75, 3.05) is 19.5 Å². The molecule has 2 unspecified atom stereocenters. The molecule has 1 aromatic heterocycles. The summed E-state index contributed by atoms with van der Waals surface area (Å²) in [5.41, 5.74) is 2.42. The SMILES string of the molecule is CC(=O)O.COc1ccc(C2CC(C(F)F)n3nc(-c4ccccc4)cc3N2)cc1OC. The van der Waals surface area contributed by atoms with E-state index in [9.17, 15) is 8.78 Å². The zero-order valence-corrected chi connectivity index (χ0v) is 18.0. The summed E-state index contributed by atoms with van der Waals surface area (Å²) in [6.45, 7) is 1.08. The number of anilines is 1. The Kier molecular flexibility index (Phi) is 7.29. The molecular weight excluding hydrogens is 420 g/mol. The monoisotopic (exact) mass is 445 g/mol. The van der Waals surface area contributed by atoms with Crippen molar-refractivity contribution >= 4 is 11.8 Å². The quantitative estimate of drug-likeness (QED) is 0.574. The van der Waals surface area contributed by atoms with Crippen molar-refractivity contribution in [2.24, 2.45) is 0 Å². The third-order valence-electron chi connectivity index (χ3n) is 5.02. The van der Waals surface area contributed by atoms with Gasteiger partial charge in [-0.1, -0.05) is 36.4 Å². The Hall–Kier alpha value is -3.62. The Morgan fingerprint density at radius 3 is 2.38 bits per heavy atom. The van der Waals surface area contributed by atoms with Gasteiger partial charge in [-0.05, 0) is 24.1 Å². The zero-order valence-electron chi connectivity index (χ0n) is 18.0. The van der Waals surface area contributed by atoms with Crippen LogP contribution in [0.5, 0.6) is 11.5 Å². The van der Waals surface area contributed by atoms with Crippen molar-refractivity contribution in [3.63, 3.8) is 0 Å². The Labute approximate surface area is 184 Å². The predicted molar refractivity (Wildman–Crippen MR) is 117 cm³/mol. The molecule has 9 heteroatoms. The second kappa shape index (κ2) is 10.1. The Morgan fingerprint density at radius 1 is 1.12 bits per heavy atom. The summed E-state index contributed by atoms with van der Waals surface area (Å²) in [6.07, 6.45) is -2.30. The minimum Gasteiger partial charge on any atom is -0.493 e. The molecule has 3 aromatic rings. The predicted octanol–water partition coefficient (Wildman–Crippen LogP) is 5.02. The molecule has 1 aliphatic heterocycles. The van der Waals surface area contributed by atoms with E-state index in [2.05, 4.69) is 10.4 Å². The third kappa shape index (κ3) is 5.16. The highest BCUT2D eigenvalue weighted by Crippen LogP contribution is 2.41. The molecule has 0 spiro atoms. The van der Waals surface area contributed by atoms with Crippen molar-refractivity contribution in [1.29, 1.82) is 0 Å². The second-order valence-electron chi connectivity index (χ2n) is 7.19. The van der Waals surface area contributed by atoms with Crippen LogP contribution in [0.25, 0.3) is 11.3 Å². The molecule has 0 radical (unpaired) electrons. The maximum Gasteiger partial charge on any atom is 0.300 e. The highest BCUT2D eigenvalue weighted by atomic mass is 19.3. The van der Waals surface area contributed by atoms with Crippen LogP contribution in [0.15, 0.2) is 54.6 Å². The summed E-state index contributed by atoms with van der Waals surface area (Å²) >= 11 is 0. The molecule has 0 bridgehead atoms. The van der Waals surface area contributed by atoms with Crippen molar-refractivity contribution in [1.82, 2.24) is 9.78 Å². The number of ether oxygens (including phenoxy) is 2. The molecule has 7 nitrogen and oxygen atoms in total. The Bertz CT molecular complexity index is 1050. The van der Waals surface area contributed by atoms with Gasteiger partial charge in [-0.2, -0.15) is 5.10 Å². The number of halogens is 2. The first-order valence-corrected chi connectivity index (χ1v) is 9.95. The van der Waals surface area contributed by atoms with E-state index in [1.54, 1.807) is 20.3 Å². The lowest BCUT2D eigenvalue weighted by atomic mass is 9.97. The summed E-state index contributed by atoms with van der Waals surface area (Å²) in [5, 5.41) is 15.2. The van der Waals surface area contributed by atoms with Crippen LogP contribution in [0.2, 0.25) is 0 Å². The van der Waals surface area contributed by atoms with Gasteiger partial charge >= 0.3 is 0 Å². The number of carbonyl (C=O) groups is 1. The lowest BCUT2D eigenvalue weighted by molar-refractivity contribution is -0.134. The molecule has 2 aromatic carbocycles. The first-order chi connectivity index (χ1) is 15.3. The molecule has 0 aliphatic carbocycles. The van der Waals surface area contributed by atoms with Crippen molar-refractivity contribution < 1.29 is 28.2 Å². The van der Waals surface area contributed by atoms with Crippen LogP contribution < -0.4 is 14.8 Å². The zero-order chi connectivity index (χ0) is 23.3. The summed E-state index contributed by atoms with van der Waals surface area (Å²) in [7, 11) is 3.12. The van der Waals surface area contributed by atoms with Gasteiger partial charge in [0, 0.05) is 18.6 Å². The molecule has 0 amide bonds. The molecule has 1 aliphatic rings. The van der Waals surface area contributed by atoms with Crippen LogP contribution in [0.3, 0.4) is 0 Å². The standard InChI is InChI=1S/C21H21F2N3O2.C2H4O2/c1-27-18-9-8-14(10-19(18)28-2)15-11-17(21(22)23)26-20(24-15)12-16(25-26)13-6-4-3-5-7-13;1-2(3)4/h3-10,12,15,17,21,24H,11H2,1-2H3;1H3,(H,3,4). The molecular formula is C23H25F2N3O4. The topological polar surface area (TPSA) is 85.6 Å². The number of alkyl halides is 2. The molecule has 0 fully saturated rings. The number of benzene rings is 2. The molecule has 0 saturated heterocycles. The van der Waals surface area contributed by atoms with E-state index in [1.807, 2.05) is 48.5 Å². The molecule has 2 atom stereocenters. The van der Waals surface area contributed by atoms with Crippen LogP contribution in [-0.2, 0) is 4.79 Å². The van der Waals surface area contributed by atoms with Crippen molar-refractivity contribution in [3.05, 3.63) is 60.2 Å². The number of carboxylic acid groups (broad SMARTS) is 1. The summed E-state index contributed by atoms with van der Waals surface area (Å²) in [4.78, 5) is 9.00. The minimum atomic E-state index is -2.52. The van der Waals surface area contributed by atoms with Gasteiger partial charge in [-0.25, -0.2) is 13.5 Å². The molecule has 0 saturated carbocycles. The number of rotatable bonds is 5. The normalized spacial score (nSPS) is 16.9. The molecule has 170 valence electrons.